The van der Waals surface area contributed by atoms with Gasteiger partial charge in [-0.1, -0.05) is 41.3 Å². The summed E-state index contributed by atoms with van der Waals surface area (Å²) in [6.07, 6.45) is 1.30. The number of hydrogen-bond donors (Lipinski definition) is 1. The Kier molecular flexibility index (Phi) is 7.00. The van der Waals surface area contributed by atoms with E-state index in [4.69, 9.17) is 27.7 Å². The first-order valence-electron chi connectivity index (χ1n) is 7.94. The molecule has 1 atom stereocenters. The highest BCUT2D eigenvalue weighted by molar-refractivity contribution is 6.37. The summed E-state index contributed by atoms with van der Waals surface area (Å²) in [5, 5.41) is 12.6. The molecular weight excluding hydrogens is 399 g/mol. The zero-order valence-corrected chi connectivity index (χ0v) is 16.9. The molecule has 0 aliphatic rings. The maximum absolute atomic E-state index is 6.29. The smallest absolute Gasteiger partial charge is 0.297 e. The molecule has 0 saturated heterocycles. The quantitative estimate of drug-likeness (QED) is 0.657. The van der Waals surface area contributed by atoms with Gasteiger partial charge in [0.1, 0.15) is 11.5 Å². The molecule has 10 heteroatoms. The molecule has 2 aromatic heterocycles. The highest BCUT2D eigenvalue weighted by Crippen LogP contribution is 2.29. The van der Waals surface area contributed by atoms with Gasteiger partial charge in [0.15, 0.2) is 5.82 Å². The molecule has 0 bridgehead atoms. The highest BCUT2D eigenvalue weighted by Gasteiger charge is 2.20. The van der Waals surface area contributed by atoms with E-state index in [1.54, 1.807) is 22.9 Å². The van der Waals surface area contributed by atoms with Crippen LogP contribution in [0.2, 0.25) is 10.0 Å². The number of likely N-dealkylation sites (N-methyl/N-ethyl adjacent to an activating group) is 1. The van der Waals surface area contributed by atoms with Crippen LogP contribution in [0.1, 0.15) is 25.5 Å². The number of nitrogens with one attached hydrogen (secondary N) is 1. The number of benzene rings is 1. The van der Waals surface area contributed by atoms with Crippen molar-refractivity contribution in [2.45, 2.75) is 32.7 Å². The molecule has 140 valence electrons. The lowest BCUT2D eigenvalue weighted by Gasteiger charge is -2.08. The standard InChI is InChI=1S/C16H18Cl2N6O.ClH/c1-4-13-21-15(16-20-12(23-25-16)8-9(2)19-3)22-24(13)14-10(17)6-5-7-11(14)18;/h5-7,9,19H,4,8H2,1-3H3;1H. The fourth-order valence-corrected chi connectivity index (χ4v) is 2.90. The van der Waals surface area contributed by atoms with E-state index in [0.717, 1.165) is 0 Å². The van der Waals surface area contributed by atoms with Crippen molar-refractivity contribution in [2.24, 2.45) is 0 Å². The summed E-state index contributed by atoms with van der Waals surface area (Å²) in [7, 11) is 1.88. The van der Waals surface area contributed by atoms with Crippen molar-refractivity contribution < 1.29 is 4.52 Å². The van der Waals surface area contributed by atoms with E-state index in [1.165, 1.54) is 0 Å². The molecule has 1 aromatic carbocycles. The number of aromatic nitrogens is 5. The number of aryl methyl sites for hydroxylation is 1. The van der Waals surface area contributed by atoms with Crippen molar-refractivity contribution in [1.82, 2.24) is 30.2 Å². The average molecular weight is 418 g/mol. The van der Waals surface area contributed by atoms with Gasteiger partial charge in [-0.05, 0) is 26.1 Å². The van der Waals surface area contributed by atoms with Gasteiger partial charge in [-0.2, -0.15) is 4.98 Å². The van der Waals surface area contributed by atoms with E-state index in [2.05, 4.69) is 25.5 Å². The van der Waals surface area contributed by atoms with Crippen LogP contribution in [0.15, 0.2) is 22.7 Å². The normalized spacial score (nSPS) is 12.0. The van der Waals surface area contributed by atoms with Crippen LogP contribution in [0.4, 0.5) is 0 Å². The molecule has 0 fully saturated rings. The monoisotopic (exact) mass is 416 g/mol. The van der Waals surface area contributed by atoms with Gasteiger partial charge < -0.3 is 9.84 Å². The van der Waals surface area contributed by atoms with Crippen molar-refractivity contribution in [2.75, 3.05) is 7.05 Å². The van der Waals surface area contributed by atoms with Crippen LogP contribution >= 0.6 is 35.6 Å². The minimum Gasteiger partial charge on any atom is -0.330 e. The van der Waals surface area contributed by atoms with Crippen LogP contribution in [0.25, 0.3) is 17.4 Å². The van der Waals surface area contributed by atoms with Crippen molar-refractivity contribution >= 4 is 35.6 Å². The van der Waals surface area contributed by atoms with E-state index in [0.29, 0.717) is 46.0 Å². The zero-order valence-electron chi connectivity index (χ0n) is 14.5. The first-order valence-corrected chi connectivity index (χ1v) is 8.69. The third kappa shape index (κ3) is 4.17. The Balaban J connectivity index is 0.00000243. The molecular formula is C16H19Cl3N6O. The summed E-state index contributed by atoms with van der Waals surface area (Å²) in [5.41, 5.74) is 0.588. The second-order valence-corrected chi connectivity index (χ2v) is 6.41. The molecule has 0 amide bonds. The van der Waals surface area contributed by atoms with E-state index in [-0.39, 0.29) is 24.3 Å². The second kappa shape index (κ2) is 8.81. The highest BCUT2D eigenvalue weighted by atomic mass is 35.5. The summed E-state index contributed by atoms with van der Waals surface area (Å²) in [5.74, 6) is 1.92. The Morgan fingerprint density at radius 2 is 1.92 bits per heavy atom. The largest absolute Gasteiger partial charge is 0.330 e. The molecule has 3 aromatic rings. The first kappa shape index (κ1) is 20.6. The molecule has 0 aliphatic heterocycles. The van der Waals surface area contributed by atoms with Gasteiger partial charge in [0.05, 0.1) is 10.0 Å². The number of hydrogen-bond acceptors (Lipinski definition) is 6. The van der Waals surface area contributed by atoms with Crippen LogP contribution in [0, 0.1) is 0 Å². The predicted octanol–water partition coefficient (Wildman–Crippen LogP) is 3.76. The van der Waals surface area contributed by atoms with Crippen LogP contribution in [0.5, 0.6) is 0 Å². The first-order chi connectivity index (χ1) is 12.0. The minimum absolute atomic E-state index is 0. The van der Waals surface area contributed by atoms with Gasteiger partial charge in [-0.25, -0.2) is 9.67 Å². The molecule has 0 spiro atoms. The molecule has 0 radical (unpaired) electrons. The molecule has 3 rings (SSSR count). The molecule has 1 N–H and O–H groups in total. The van der Waals surface area contributed by atoms with Crippen LogP contribution < -0.4 is 5.32 Å². The van der Waals surface area contributed by atoms with Gasteiger partial charge in [0.25, 0.3) is 5.89 Å². The molecule has 0 aliphatic carbocycles. The van der Waals surface area contributed by atoms with E-state index < -0.39 is 0 Å². The molecule has 7 nitrogen and oxygen atoms in total. The van der Waals surface area contributed by atoms with E-state index in [9.17, 15) is 0 Å². The Hall–Kier alpha value is -1.67. The number of halogens is 3. The van der Waals surface area contributed by atoms with Crippen LogP contribution in [-0.2, 0) is 12.8 Å². The van der Waals surface area contributed by atoms with E-state index in [1.807, 2.05) is 20.9 Å². The van der Waals surface area contributed by atoms with Crippen molar-refractivity contribution in [3.05, 3.63) is 39.9 Å². The molecule has 2 heterocycles. The Labute approximate surface area is 167 Å². The Morgan fingerprint density at radius 1 is 1.23 bits per heavy atom. The van der Waals surface area contributed by atoms with Gasteiger partial charge in [-0.15, -0.1) is 17.5 Å². The maximum Gasteiger partial charge on any atom is 0.297 e. The lowest BCUT2D eigenvalue weighted by Crippen LogP contribution is -2.24. The Morgan fingerprint density at radius 3 is 2.54 bits per heavy atom. The lowest BCUT2D eigenvalue weighted by atomic mass is 10.2. The Bertz CT molecular complexity index is 858. The fourth-order valence-electron chi connectivity index (χ4n) is 2.34. The summed E-state index contributed by atoms with van der Waals surface area (Å²) < 4.78 is 6.94. The second-order valence-electron chi connectivity index (χ2n) is 5.60. The third-order valence-electron chi connectivity index (χ3n) is 3.78. The number of nitrogens with zero attached hydrogens (tertiary/aromatic N) is 5. The van der Waals surface area contributed by atoms with Gasteiger partial charge >= 0.3 is 0 Å². The third-order valence-corrected chi connectivity index (χ3v) is 4.39. The van der Waals surface area contributed by atoms with Crippen molar-refractivity contribution in [3.63, 3.8) is 0 Å². The molecule has 0 saturated carbocycles. The van der Waals surface area contributed by atoms with Crippen molar-refractivity contribution in [1.29, 1.82) is 0 Å². The molecule has 1 unspecified atom stereocenters. The molecule has 26 heavy (non-hydrogen) atoms. The van der Waals surface area contributed by atoms with Gasteiger partial charge in [0.2, 0.25) is 5.82 Å². The average Bonchev–Trinajstić information content (AvgIpc) is 3.21. The van der Waals surface area contributed by atoms with Gasteiger partial charge in [-0.3, -0.25) is 0 Å². The van der Waals surface area contributed by atoms with Crippen LogP contribution in [0.3, 0.4) is 0 Å². The van der Waals surface area contributed by atoms with Gasteiger partial charge in [0, 0.05) is 18.9 Å². The topological polar surface area (TPSA) is 81.7 Å². The minimum atomic E-state index is 0. The van der Waals surface area contributed by atoms with Crippen molar-refractivity contribution in [3.8, 4) is 17.4 Å². The number of rotatable bonds is 6. The zero-order chi connectivity index (χ0) is 18.0. The maximum atomic E-state index is 6.29. The van der Waals surface area contributed by atoms with Crippen LogP contribution in [-0.4, -0.2) is 38.0 Å². The number of para-hydroxylation sites is 1. The fraction of sp³-hybridized carbons (Fsp3) is 0.375. The summed E-state index contributed by atoms with van der Waals surface area (Å²) >= 11 is 12.6. The van der Waals surface area contributed by atoms with E-state index >= 15 is 0 Å². The summed E-state index contributed by atoms with van der Waals surface area (Å²) in [4.78, 5) is 8.87. The SMILES string of the molecule is CCc1nc(-c2nc(CC(C)NC)no2)nn1-c1c(Cl)cccc1Cl.Cl. The summed E-state index contributed by atoms with van der Waals surface area (Å²) in [6, 6.07) is 5.54. The lowest BCUT2D eigenvalue weighted by molar-refractivity contribution is 0.416. The summed E-state index contributed by atoms with van der Waals surface area (Å²) in [6.45, 7) is 4.01. The predicted molar refractivity (Wildman–Crippen MR) is 104 cm³/mol.